The molecule has 4 aromatic rings. The Bertz CT molecular complexity index is 1640. The van der Waals surface area contributed by atoms with E-state index in [0.29, 0.717) is 37.8 Å². The number of rotatable bonds is 5. The van der Waals surface area contributed by atoms with Crippen molar-refractivity contribution in [1.29, 1.82) is 0 Å². The number of urea groups is 1. The van der Waals surface area contributed by atoms with Crippen molar-refractivity contribution in [3.05, 3.63) is 71.7 Å². The number of carbonyl (C=O) groups excluding carboxylic acids is 1. The number of carbonyl (C=O) groups is 1. The highest BCUT2D eigenvalue weighted by Gasteiger charge is 2.25. The number of pyridine rings is 2. The first kappa shape index (κ1) is 24.4. The van der Waals surface area contributed by atoms with E-state index in [4.69, 9.17) is 4.74 Å². The number of benzene rings is 1. The van der Waals surface area contributed by atoms with Crippen molar-refractivity contribution in [1.82, 2.24) is 19.3 Å². The Kier molecular flexibility index (Phi) is 6.24. The van der Waals surface area contributed by atoms with Crippen LogP contribution in [0.1, 0.15) is 23.1 Å². The molecule has 1 fully saturated rings. The van der Waals surface area contributed by atoms with E-state index in [1.165, 1.54) is 23.9 Å². The van der Waals surface area contributed by atoms with E-state index in [1.54, 1.807) is 10.7 Å². The summed E-state index contributed by atoms with van der Waals surface area (Å²) in [5, 5.41) is 7.17. The molecule has 1 aliphatic heterocycles. The number of amides is 2. The van der Waals surface area contributed by atoms with Gasteiger partial charge in [-0.25, -0.2) is 27.4 Å². The standard InChI is InChI=1S/C27H28N6O4S/c1-18-15-19-3-2-4-23(19)26(25(18)20-7-10-33-21(16-20)5-9-29-33)30-27(34)31-38(35,36)22-6-8-28-24(17-22)32-11-13-37-14-12-32/h5-10,15-17H,2-4,11-14H2,1H3,(H2,30,31,34). The zero-order chi connectivity index (χ0) is 26.3. The summed E-state index contributed by atoms with van der Waals surface area (Å²) in [6.07, 6.45) is 7.77. The fourth-order valence-corrected chi connectivity index (χ4v) is 6.25. The molecule has 1 aliphatic carbocycles. The highest BCUT2D eigenvalue weighted by atomic mass is 32.2. The lowest BCUT2D eigenvalue weighted by atomic mass is 9.93. The first-order valence-electron chi connectivity index (χ1n) is 12.6. The molecular weight excluding hydrogens is 504 g/mol. The van der Waals surface area contributed by atoms with Crippen molar-refractivity contribution in [2.45, 2.75) is 31.1 Å². The summed E-state index contributed by atoms with van der Waals surface area (Å²) in [5.74, 6) is 0.533. The number of ether oxygens (including phenoxy) is 1. The zero-order valence-electron chi connectivity index (χ0n) is 21.0. The summed E-state index contributed by atoms with van der Waals surface area (Å²) in [5.41, 5.74) is 6.61. The number of morpholine rings is 1. The van der Waals surface area contributed by atoms with Gasteiger partial charge in [0.25, 0.3) is 10.0 Å². The molecule has 4 heterocycles. The smallest absolute Gasteiger partial charge is 0.333 e. The minimum atomic E-state index is -4.14. The van der Waals surface area contributed by atoms with Gasteiger partial charge in [0.15, 0.2) is 0 Å². The molecule has 1 saturated heterocycles. The van der Waals surface area contributed by atoms with Gasteiger partial charge in [0, 0.05) is 43.3 Å². The summed E-state index contributed by atoms with van der Waals surface area (Å²) in [6, 6.07) is 10.1. The van der Waals surface area contributed by atoms with Crippen LogP contribution in [0.5, 0.6) is 0 Å². The van der Waals surface area contributed by atoms with Crippen molar-refractivity contribution in [3.63, 3.8) is 0 Å². The second-order valence-electron chi connectivity index (χ2n) is 9.56. The van der Waals surface area contributed by atoms with Crippen molar-refractivity contribution >= 4 is 33.1 Å². The topological polar surface area (TPSA) is 118 Å². The van der Waals surface area contributed by atoms with Gasteiger partial charge in [-0.2, -0.15) is 5.10 Å². The van der Waals surface area contributed by atoms with Gasteiger partial charge < -0.3 is 15.0 Å². The molecule has 2 N–H and O–H groups in total. The molecule has 10 nitrogen and oxygen atoms in total. The van der Waals surface area contributed by atoms with E-state index in [2.05, 4.69) is 26.2 Å². The third kappa shape index (κ3) is 4.59. The van der Waals surface area contributed by atoms with Gasteiger partial charge in [0.05, 0.1) is 29.3 Å². The van der Waals surface area contributed by atoms with Gasteiger partial charge in [0.2, 0.25) is 0 Å². The maximum atomic E-state index is 13.2. The first-order valence-corrected chi connectivity index (χ1v) is 14.1. The Balaban J connectivity index is 1.31. The number of nitrogens with one attached hydrogen (secondary N) is 2. The third-order valence-electron chi connectivity index (χ3n) is 7.11. The molecule has 3 aromatic heterocycles. The number of nitrogens with zero attached hydrogens (tertiary/aromatic N) is 4. The predicted octanol–water partition coefficient (Wildman–Crippen LogP) is 3.54. The van der Waals surface area contributed by atoms with Gasteiger partial charge in [0.1, 0.15) is 5.82 Å². The molecule has 2 aliphatic rings. The van der Waals surface area contributed by atoms with E-state index in [-0.39, 0.29) is 4.90 Å². The average Bonchev–Trinajstić information content (AvgIpc) is 3.58. The number of sulfonamides is 1. The van der Waals surface area contributed by atoms with Crippen LogP contribution in [-0.4, -0.2) is 55.4 Å². The highest BCUT2D eigenvalue weighted by Crippen LogP contribution is 2.40. The second-order valence-corrected chi connectivity index (χ2v) is 11.2. The van der Waals surface area contributed by atoms with Crippen LogP contribution in [0, 0.1) is 6.92 Å². The molecule has 0 bridgehead atoms. The van der Waals surface area contributed by atoms with Crippen LogP contribution < -0.4 is 14.9 Å². The SMILES string of the molecule is Cc1cc2c(c(NC(=O)NS(=O)(=O)c3ccnc(N4CCOCC4)c3)c1-c1ccn3nccc3c1)CCC2. The lowest BCUT2D eigenvalue weighted by Crippen LogP contribution is -2.37. The number of aromatic nitrogens is 3. The fraction of sp³-hybridized carbons (Fsp3) is 0.296. The zero-order valence-corrected chi connectivity index (χ0v) is 21.8. The number of aryl methyl sites for hydroxylation is 2. The molecule has 1 aromatic carbocycles. The Hall–Kier alpha value is -3.96. The lowest BCUT2D eigenvalue weighted by Gasteiger charge is -2.27. The first-order chi connectivity index (χ1) is 18.4. The van der Waals surface area contributed by atoms with Crippen LogP contribution in [0.4, 0.5) is 16.3 Å². The van der Waals surface area contributed by atoms with Crippen molar-refractivity contribution in [3.8, 4) is 11.1 Å². The van der Waals surface area contributed by atoms with Crippen LogP contribution in [0.3, 0.4) is 0 Å². The van der Waals surface area contributed by atoms with Crippen molar-refractivity contribution in [2.75, 3.05) is 36.5 Å². The Morgan fingerprint density at radius 3 is 2.74 bits per heavy atom. The molecule has 38 heavy (non-hydrogen) atoms. The molecule has 0 atom stereocenters. The van der Waals surface area contributed by atoms with Gasteiger partial charge in [-0.1, -0.05) is 6.07 Å². The molecular formula is C27H28N6O4S. The Morgan fingerprint density at radius 1 is 1.05 bits per heavy atom. The second kappa shape index (κ2) is 9.73. The Morgan fingerprint density at radius 2 is 1.89 bits per heavy atom. The minimum absolute atomic E-state index is 0.0231. The summed E-state index contributed by atoms with van der Waals surface area (Å²) < 4.78 is 35.7. The van der Waals surface area contributed by atoms with Gasteiger partial charge in [-0.05, 0) is 72.7 Å². The van der Waals surface area contributed by atoms with Crippen LogP contribution in [0.15, 0.2) is 59.9 Å². The molecule has 2 amide bonds. The normalized spacial score (nSPS) is 15.4. The largest absolute Gasteiger partial charge is 0.378 e. The van der Waals surface area contributed by atoms with E-state index in [0.717, 1.165) is 47.0 Å². The number of fused-ring (bicyclic) bond motifs is 2. The quantitative estimate of drug-likeness (QED) is 0.404. The maximum Gasteiger partial charge on any atom is 0.333 e. The Labute approximate surface area is 220 Å². The number of hydrogen-bond donors (Lipinski definition) is 2. The fourth-order valence-electron chi connectivity index (χ4n) is 5.33. The molecule has 196 valence electrons. The maximum absolute atomic E-state index is 13.2. The van der Waals surface area contributed by atoms with Crippen LogP contribution in [0.25, 0.3) is 16.6 Å². The van der Waals surface area contributed by atoms with E-state index < -0.39 is 16.1 Å². The van der Waals surface area contributed by atoms with Gasteiger partial charge in [-0.15, -0.1) is 0 Å². The molecule has 0 unspecified atom stereocenters. The summed E-state index contributed by atoms with van der Waals surface area (Å²) in [6.45, 7) is 4.36. The van der Waals surface area contributed by atoms with Crippen molar-refractivity contribution in [2.24, 2.45) is 0 Å². The van der Waals surface area contributed by atoms with E-state index in [1.807, 2.05) is 36.2 Å². The van der Waals surface area contributed by atoms with E-state index in [9.17, 15) is 13.2 Å². The lowest BCUT2D eigenvalue weighted by molar-refractivity contribution is 0.122. The monoisotopic (exact) mass is 532 g/mol. The highest BCUT2D eigenvalue weighted by molar-refractivity contribution is 7.90. The molecule has 0 spiro atoms. The summed E-state index contributed by atoms with van der Waals surface area (Å²) >= 11 is 0. The predicted molar refractivity (Wildman–Crippen MR) is 144 cm³/mol. The number of hydrogen-bond acceptors (Lipinski definition) is 7. The molecule has 11 heteroatoms. The van der Waals surface area contributed by atoms with Crippen molar-refractivity contribution < 1.29 is 17.9 Å². The third-order valence-corrected chi connectivity index (χ3v) is 8.44. The minimum Gasteiger partial charge on any atom is -0.378 e. The van der Waals surface area contributed by atoms with Crippen LogP contribution in [-0.2, 0) is 27.6 Å². The summed E-state index contributed by atoms with van der Waals surface area (Å²) in [7, 11) is -4.14. The van der Waals surface area contributed by atoms with Crippen LogP contribution >= 0.6 is 0 Å². The van der Waals surface area contributed by atoms with Gasteiger partial charge in [-0.3, -0.25) is 0 Å². The molecule has 0 saturated carbocycles. The number of anilines is 2. The van der Waals surface area contributed by atoms with Crippen LogP contribution in [0.2, 0.25) is 0 Å². The summed E-state index contributed by atoms with van der Waals surface area (Å²) in [4.78, 5) is 19.4. The van der Waals surface area contributed by atoms with E-state index >= 15 is 0 Å². The van der Waals surface area contributed by atoms with Gasteiger partial charge >= 0.3 is 6.03 Å². The molecule has 0 radical (unpaired) electrons. The average molecular weight is 533 g/mol. The molecule has 6 rings (SSSR count).